The van der Waals surface area contributed by atoms with E-state index in [2.05, 4.69) is 17.2 Å². The number of aromatic nitrogens is 1. The van der Waals surface area contributed by atoms with Crippen molar-refractivity contribution < 1.29 is 4.79 Å². The van der Waals surface area contributed by atoms with Crippen LogP contribution in [0.15, 0.2) is 18.5 Å². The molecule has 0 aromatic carbocycles. The number of hydrogen-bond acceptors (Lipinski definition) is 3. The lowest BCUT2D eigenvalue weighted by Gasteiger charge is -2.37. The molecule has 2 N–H and O–H groups in total. The van der Waals surface area contributed by atoms with Gasteiger partial charge in [-0.3, -0.25) is 4.79 Å². The first kappa shape index (κ1) is 12.5. The number of nitrogens with one attached hydrogen (secondary N) is 2. The maximum Gasteiger partial charge on any atom is 0.236 e. The highest BCUT2D eigenvalue weighted by Crippen LogP contribution is 2.21. The molecule has 1 amide bonds. The summed E-state index contributed by atoms with van der Waals surface area (Å²) >= 11 is 0. The second kappa shape index (κ2) is 5.58. The summed E-state index contributed by atoms with van der Waals surface area (Å²) in [6.07, 6.45) is 4.72. The molecule has 5 nitrogen and oxygen atoms in total. The van der Waals surface area contributed by atoms with Crippen LogP contribution >= 0.6 is 0 Å². The number of amides is 1. The van der Waals surface area contributed by atoms with Crippen LogP contribution in [0.1, 0.15) is 19.8 Å². The predicted octanol–water partition coefficient (Wildman–Crippen LogP) is 1.58. The van der Waals surface area contributed by atoms with E-state index in [9.17, 15) is 4.79 Å². The minimum atomic E-state index is -0.0646. The first-order valence-electron chi connectivity index (χ1n) is 6.24. The number of aromatic amines is 1. The largest absolute Gasteiger partial charge is 0.379 e. The van der Waals surface area contributed by atoms with Gasteiger partial charge >= 0.3 is 0 Å². The molecule has 0 aliphatic carbocycles. The summed E-state index contributed by atoms with van der Waals surface area (Å²) in [6, 6.07) is 4.14. The van der Waals surface area contributed by atoms with Crippen LogP contribution in [0.4, 0.5) is 5.69 Å². The van der Waals surface area contributed by atoms with Crippen LogP contribution in [-0.4, -0.2) is 34.9 Å². The molecular weight excluding hydrogens is 228 g/mol. The van der Waals surface area contributed by atoms with Gasteiger partial charge in [0.1, 0.15) is 6.42 Å². The van der Waals surface area contributed by atoms with Crippen LogP contribution in [0.25, 0.3) is 0 Å². The predicted molar refractivity (Wildman–Crippen MR) is 68.8 cm³/mol. The highest BCUT2D eigenvalue weighted by Gasteiger charge is 2.28. The minimum Gasteiger partial charge on any atom is -0.379 e. The summed E-state index contributed by atoms with van der Waals surface area (Å²) in [4.78, 5) is 16.5. The first-order chi connectivity index (χ1) is 8.70. The summed E-state index contributed by atoms with van der Waals surface area (Å²) in [6.45, 7) is 3.62. The van der Waals surface area contributed by atoms with Gasteiger partial charge in [0.05, 0.1) is 11.8 Å². The van der Waals surface area contributed by atoms with Gasteiger partial charge in [-0.1, -0.05) is 6.92 Å². The Hall–Kier alpha value is -1.96. The number of piperidine rings is 1. The van der Waals surface area contributed by atoms with E-state index in [4.69, 9.17) is 5.26 Å². The zero-order chi connectivity index (χ0) is 13.0. The number of rotatable bonds is 3. The fourth-order valence-corrected chi connectivity index (χ4v) is 2.29. The molecule has 96 valence electrons. The molecule has 18 heavy (non-hydrogen) atoms. The number of likely N-dealkylation sites (tertiary alicyclic amines) is 1. The molecular formula is C13H18N4O. The second-order valence-electron chi connectivity index (χ2n) is 4.79. The average molecular weight is 246 g/mol. The summed E-state index contributed by atoms with van der Waals surface area (Å²) in [5.41, 5.74) is 1.04. The van der Waals surface area contributed by atoms with Crippen molar-refractivity contribution in [1.82, 2.24) is 9.88 Å². The SMILES string of the molecule is C[C@@H]1CCN(C(=O)CC#N)C[C@@H]1Nc1cc[nH]c1. The van der Waals surface area contributed by atoms with E-state index < -0.39 is 0 Å². The molecule has 1 aliphatic heterocycles. The Bertz CT molecular complexity index is 434. The molecule has 0 radical (unpaired) electrons. The van der Waals surface area contributed by atoms with Gasteiger partial charge in [-0.15, -0.1) is 0 Å². The monoisotopic (exact) mass is 246 g/mol. The van der Waals surface area contributed by atoms with E-state index in [1.54, 1.807) is 4.90 Å². The van der Waals surface area contributed by atoms with Gasteiger partial charge in [0.15, 0.2) is 0 Å². The summed E-state index contributed by atoms with van der Waals surface area (Å²) in [5.74, 6) is 0.455. The molecule has 0 unspecified atom stereocenters. The van der Waals surface area contributed by atoms with E-state index in [1.165, 1.54) is 0 Å². The molecule has 2 atom stereocenters. The number of carbonyl (C=O) groups is 1. The Balaban J connectivity index is 1.97. The third-order valence-electron chi connectivity index (χ3n) is 3.49. The van der Waals surface area contributed by atoms with Crippen molar-refractivity contribution >= 4 is 11.6 Å². The number of carbonyl (C=O) groups excluding carboxylic acids is 1. The molecule has 1 aromatic heterocycles. The van der Waals surface area contributed by atoms with Crippen LogP contribution in [0.5, 0.6) is 0 Å². The zero-order valence-electron chi connectivity index (χ0n) is 10.5. The molecule has 0 saturated carbocycles. The molecule has 5 heteroatoms. The topological polar surface area (TPSA) is 71.9 Å². The number of nitriles is 1. The Morgan fingerprint density at radius 3 is 3.22 bits per heavy atom. The molecule has 1 saturated heterocycles. The van der Waals surface area contributed by atoms with Gasteiger partial charge < -0.3 is 15.2 Å². The van der Waals surface area contributed by atoms with Crippen molar-refractivity contribution in [3.63, 3.8) is 0 Å². The molecule has 2 rings (SSSR count). The van der Waals surface area contributed by atoms with E-state index in [-0.39, 0.29) is 18.4 Å². The van der Waals surface area contributed by atoms with Crippen molar-refractivity contribution in [2.45, 2.75) is 25.8 Å². The smallest absolute Gasteiger partial charge is 0.236 e. The van der Waals surface area contributed by atoms with Crippen LogP contribution in [0.3, 0.4) is 0 Å². The maximum absolute atomic E-state index is 11.7. The van der Waals surface area contributed by atoms with E-state index in [0.29, 0.717) is 12.5 Å². The first-order valence-corrected chi connectivity index (χ1v) is 6.24. The van der Waals surface area contributed by atoms with E-state index in [1.807, 2.05) is 24.5 Å². The maximum atomic E-state index is 11.7. The third kappa shape index (κ3) is 2.83. The Kier molecular flexibility index (Phi) is 3.88. The Morgan fingerprint density at radius 1 is 1.72 bits per heavy atom. The lowest BCUT2D eigenvalue weighted by molar-refractivity contribution is -0.131. The van der Waals surface area contributed by atoms with Gasteiger partial charge in [0, 0.05) is 31.5 Å². The average Bonchev–Trinajstić information content (AvgIpc) is 2.85. The lowest BCUT2D eigenvalue weighted by Crippen LogP contribution is -2.48. The fourth-order valence-electron chi connectivity index (χ4n) is 2.29. The summed E-state index contributed by atoms with van der Waals surface area (Å²) in [5, 5.41) is 12.0. The third-order valence-corrected chi connectivity index (χ3v) is 3.49. The lowest BCUT2D eigenvalue weighted by atomic mass is 9.93. The number of hydrogen-bond donors (Lipinski definition) is 2. The molecule has 0 spiro atoms. The van der Waals surface area contributed by atoms with Crippen LogP contribution in [0.2, 0.25) is 0 Å². The van der Waals surface area contributed by atoms with Gasteiger partial charge in [-0.2, -0.15) is 5.26 Å². The van der Waals surface area contributed by atoms with Crippen molar-refractivity contribution in [3.05, 3.63) is 18.5 Å². The second-order valence-corrected chi connectivity index (χ2v) is 4.79. The Morgan fingerprint density at radius 2 is 2.56 bits per heavy atom. The van der Waals surface area contributed by atoms with E-state index >= 15 is 0 Å². The Labute approximate surface area is 107 Å². The fraction of sp³-hybridized carbons (Fsp3) is 0.538. The molecule has 1 fully saturated rings. The van der Waals surface area contributed by atoms with Crippen molar-refractivity contribution in [2.75, 3.05) is 18.4 Å². The number of nitrogens with zero attached hydrogens (tertiary/aromatic N) is 2. The van der Waals surface area contributed by atoms with Crippen LogP contribution < -0.4 is 5.32 Å². The van der Waals surface area contributed by atoms with Gasteiger partial charge in [-0.05, 0) is 18.4 Å². The summed E-state index contributed by atoms with van der Waals surface area (Å²) in [7, 11) is 0. The van der Waals surface area contributed by atoms with Gasteiger partial charge in [0.2, 0.25) is 5.91 Å². The molecule has 2 heterocycles. The van der Waals surface area contributed by atoms with Crippen molar-refractivity contribution in [2.24, 2.45) is 5.92 Å². The summed E-state index contributed by atoms with van der Waals surface area (Å²) < 4.78 is 0. The van der Waals surface area contributed by atoms with Gasteiger partial charge in [-0.25, -0.2) is 0 Å². The number of H-pyrrole nitrogens is 1. The quantitative estimate of drug-likeness (QED) is 0.850. The van der Waals surface area contributed by atoms with Crippen LogP contribution in [0, 0.1) is 17.2 Å². The highest BCUT2D eigenvalue weighted by atomic mass is 16.2. The normalized spacial score (nSPS) is 23.4. The van der Waals surface area contributed by atoms with Gasteiger partial charge in [0.25, 0.3) is 0 Å². The zero-order valence-corrected chi connectivity index (χ0v) is 10.5. The van der Waals surface area contributed by atoms with E-state index in [0.717, 1.165) is 18.7 Å². The minimum absolute atomic E-state index is 0.0226. The highest BCUT2D eigenvalue weighted by molar-refractivity contribution is 5.78. The van der Waals surface area contributed by atoms with Crippen LogP contribution in [-0.2, 0) is 4.79 Å². The molecule has 0 bridgehead atoms. The molecule has 1 aromatic rings. The number of anilines is 1. The standard InChI is InChI=1S/C13H18N4O/c1-10-4-7-17(13(18)2-5-14)9-12(10)16-11-3-6-15-8-11/h3,6,8,10,12,15-16H,2,4,7,9H2,1H3/t10-,12+/m1/s1. The van der Waals surface area contributed by atoms with Crippen molar-refractivity contribution in [1.29, 1.82) is 5.26 Å². The molecule has 1 aliphatic rings. The van der Waals surface area contributed by atoms with Crippen molar-refractivity contribution in [3.8, 4) is 6.07 Å².